The van der Waals surface area contributed by atoms with Crippen LogP contribution >= 0.6 is 0 Å². The minimum Gasteiger partial charge on any atom is -0.358 e. The van der Waals surface area contributed by atoms with E-state index in [0.717, 1.165) is 24.3 Å². The summed E-state index contributed by atoms with van der Waals surface area (Å²) in [5.74, 6) is 0.00700. The minimum atomic E-state index is -0.0848. The van der Waals surface area contributed by atoms with Crippen molar-refractivity contribution < 1.29 is 9.59 Å². The molecule has 1 aromatic carbocycles. The van der Waals surface area contributed by atoms with E-state index >= 15 is 0 Å². The Morgan fingerprint density at radius 3 is 2.29 bits per heavy atom. The molecule has 0 atom stereocenters. The molecule has 0 radical (unpaired) electrons. The molecule has 0 saturated carbocycles. The van der Waals surface area contributed by atoms with Crippen molar-refractivity contribution in [2.24, 2.45) is 0 Å². The summed E-state index contributed by atoms with van der Waals surface area (Å²) >= 11 is 0. The van der Waals surface area contributed by atoms with Crippen LogP contribution in [-0.4, -0.2) is 61.5 Å². The number of amides is 3. The standard InChI is InChI=1S/C15H22N4O2/c1-12-3-5-13(6-4-12)17-15(21)19-9-7-18(8-10-19)11-14(20)16-2/h3-6H,7-11H2,1-2H3,(H,16,20)(H,17,21). The number of piperazine rings is 1. The lowest BCUT2D eigenvalue weighted by Gasteiger charge is -2.34. The molecule has 1 fully saturated rings. The fourth-order valence-electron chi connectivity index (χ4n) is 2.23. The second-order valence-corrected chi connectivity index (χ2v) is 5.23. The number of carbonyl (C=O) groups is 2. The predicted molar refractivity (Wildman–Crippen MR) is 82.3 cm³/mol. The van der Waals surface area contributed by atoms with Crippen LogP contribution in [0.5, 0.6) is 0 Å². The van der Waals surface area contributed by atoms with Crippen molar-refractivity contribution in [1.82, 2.24) is 15.1 Å². The van der Waals surface area contributed by atoms with E-state index in [0.29, 0.717) is 19.6 Å². The predicted octanol–water partition coefficient (Wildman–Crippen LogP) is 0.891. The number of nitrogens with zero attached hydrogens (tertiary/aromatic N) is 2. The first-order valence-corrected chi connectivity index (χ1v) is 7.14. The van der Waals surface area contributed by atoms with E-state index in [-0.39, 0.29) is 11.9 Å². The first-order chi connectivity index (χ1) is 10.1. The minimum absolute atomic E-state index is 0.00700. The van der Waals surface area contributed by atoms with Gasteiger partial charge in [-0.3, -0.25) is 9.69 Å². The molecular formula is C15H22N4O2. The van der Waals surface area contributed by atoms with Gasteiger partial charge in [-0.1, -0.05) is 17.7 Å². The second-order valence-electron chi connectivity index (χ2n) is 5.23. The van der Waals surface area contributed by atoms with E-state index < -0.39 is 0 Å². The summed E-state index contributed by atoms with van der Waals surface area (Å²) in [7, 11) is 1.63. The molecule has 2 rings (SSSR count). The molecule has 0 aromatic heterocycles. The maximum Gasteiger partial charge on any atom is 0.321 e. The Morgan fingerprint density at radius 2 is 1.71 bits per heavy atom. The smallest absolute Gasteiger partial charge is 0.321 e. The van der Waals surface area contributed by atoms with Crippen LogP contribution in [0.15, 0.2) is 24.3 Å². The highest BCUT2D eigenvalue weighted by Crippen LogP contribution is 2.10. The maximum absolute atomic E-state index is 12.2. The normalized spacial score (nSPS) is 15.6. The molecule has 0 spiro atoms. The van der Waals surface area contributed by atoms with Gasteiger partial charge in [-0.15, -0.1) is 0 Å². The van der Waals surface area contributed by atoms with Gasteiger partial charge in [0.1, 0.15) is 0 Å². The van der Waals surface area contributed by atoms with E-state index in [9.17, 15) is 9.59 Å². The summed E-state index contributed by atoms with van der Waals surface area (Å²) in [6.45, 7) is 5.11. The molecule has 2 N–H and O–H groups in total. The zero-order valence-corrected chi connectivity index (χ0v) is 12.6. The van der Waals surface area contributed by atoms with Crippen LogP contribution in [0.4, 0.5) is 10.5 Å². The largest absolute Gasteiger partial charge is 0.358 e. The lowest BCUT2D eigenvalue weighted by molar-refractivity contribution is -0.122. The summed E-state index contributed by atoms with van der Waals surface area (Å²) in [5.41, 5.74) is 1.97. The fourth-order valence-corrected chi connectivity index (χ4v) is 2.23. The monoisotopic (exact) mass is 290 g/mol. The van der Waals surface area contributed by atoms with Crippen molar-refractivity contribution >= 4 is 17.6 Å². The summed E-state index contributed by atoms with van der Waals surface area (Å²) in [5, 5.41) is 5.50. The summed E-state index contributed by atoms with van der Waals surface area (Å²) in [6, 6.07) is 7.65. The molecule has 1 aromatic rings. The molecular weight excluding hydrogens is 268 g/mol. The van der Waals surface area contributed by atoms with Crippen molar-refractivity contribution in [2.75, 3.05) is 45.1 Å². The second kappa shape index (κ2) is 7.08. The van der Waals surface area contributed by atoms with Gasteiger partial charge < -0.3 is 15.5 Å². The average molecular weight is 290 g/mol. The van der Waals surface area contributed by atoms with Gasteiger partial charge in [0.05, 0.1) is 6.54 Å². The van der Waals surface area contributed by atoms with Gasteiger partial charge in [-0.25, -0.2) is 4.79 Å². The number of hydrogen-bond acceptors (Lipinski definition) is 3. The molecule has 1 aliphatic rings. The quantitative estimate of drug-likeness (QED) is 0.869. The van der Waals surface area contributed by atoms with E-state index in [2.05, 4.69) is 15.5 Å². The van der Waals surface area contributed by atoms with Gasteiger partial charge in [-0.05, 0) is 19.1 Å². The molecule has 0 unspecified atom stereocenters. The molecule has 6 heteroatoms. The van der Waals surface area contributed by atoms with Crippen molar-refractivity contribution in [3.05, 3.63) is 29.8 Å². The summed E-state index contributed by atoms with van der Waals surface area (Å²) < 4.78 is 0. The highest BCUT2D eigenvalue weighted by Gasteiger charge is 2.22. The van der Waals surface area contributed by atoms with Gasteiger partial charge in [0.2, 0.25) is 5.91 Å². The third-order valence-corrected chi connectivity index (χ3v) is 3.61. The Morgan fingerprint density at radius 1 is 1.10 bits per heavy atom. The number of likely N-dealkylation sites (N-methyl/N-ethyl adjacent to an activating group) is 1. The van der Waals surface area contributed by atoms with Crippen LogP contribution in [-0.2, 0) is 4.79 Å². The molecule has 3 amide bonds. The average Bonchev–Trinajstić information content (AvgIpc) is 2.50. The number of benzene rings is 1. The molecule has 21 heavy (non-hydrogen) atoms. The lowest BCUT2D eigenvalue weighted by Crippen LogP contribution is -2.51. The third-order valence-electron chi connectivity index (χ3n) is 3.61. The van der Waals surface area contributed by atoms with E-state index in [1.165, 1.54) is 0 Å². The molecule has 6 nitrogen and oxygen atoms in total. The number of hydrogen-bond donors (Lipinski definition) is 2. The number of urea groups is 1. The summed E-state index contributed by atoms with van der Waals surface area (Å²) in [4.78, 5) is 27.3. The van der Waals surface area contributed by atoms with E-state index in [1.807, 2.05) is 31.2 Å². The number of carbonyl (C=O) groups excluding carboxylic acids is 2. The number of nitrogens with one attached hydrogen (secondary N) is 2. The van der Waals surface area contributed by atoms with Crippen molar-refractivity contribution in [3.63, 3.8) is 0 Å². The van der Waals surface area contributed by atoms with Crippen molar-refractivity contribution in [1.29, 1.82) is 0 Å². The van der Waals surface area contributed by atoms with Crippen molar-refractivity contribution in [3.8, 4) is 0 Å². The first kappa shape index (κ1) is 15.3. The summed E-state index contributed by atoms with van der Waals surface area (Å²) in [6.07, 6.45) is 0. The van der Waals surface area contributed by atoms with Crippen LogP contribution in [0.3, 0.4) is 0 Å². The number of anilines is 1. The van der Waals surface area contributed by atoms with Gasteiger partial charge in [0, 0.05) is 38.9 Å². The van der Waals surface area contributed by atoms with Gasteiger partial charge in [0.25, 0.3) is 0 Å². The molecule has 114 valence electrons. The van der Waals surface area contributed by atoms with Crippen LogP contribution in [0, 0.1) is 6.92 Å². The molecule has 0 bridgehead atoms. The van der Waals surface area contributed by atoms with Gasteiger partial charge >= 0.3 is 6.03 Å². The Balaban J connectivity index is 1.80. The van der Waals surface area contributed by atoms with Crippen LogP contribution < -0.4 is 10.6 Å². The SMILES string of the molecule is CNC(=O)CN1CCN(C(=O)Nc2ccc(C)cc2)CC1. The number of aryl methyl sites for hydroxylation is 1. The molecule has 1 heterocycles. The lowest BCUT2D eigenvalue weighted by atomic mass is 10.2. The van der Waals surface area contributed by atoms with Gasteiger partial charge in [0.15, 0.2) is 0 Å². The van der Waals surface area contributed by atoms with E-state index in [4.69, 9.17) is 0 Å². The zero-order chi connectivity index (χ0) is 15.2. The van der Waals surface area contributed by atoms with Gasteiger partial charge in [-0.2, -0.15) is 0 Å². The molecule has 1 saturated heterocycles. The molecule has 1 aliphatic heterocycles. The van der Waals surface area contributed by atoms with Crippen LogP contribution in [0.25, 0.3) is 0 Å². The highest BCUT2D eigenvalue weighted by molar-refractivity contribution is 5.89. The van der Waals surface area contributed by atoms with E-state index in [1.54, 1.807) is 11.9 Å². The first-order valence-electron chi connectivity index (χ1n) is 7.14. The molecule has 0 aliphatic carbocycles. The Bertz CT molecular complexity index is 493. The topological polar surface area (TPSA) is 64.7 Å². The van der Waals surface area contributed by atoms with Crippen LogP contribution in [0.2, 0.25) is 0 Å². The maximum atomic E-state index is 12.2. The van der Waals surface area contributed by atoms with Crippen LogP contribution in [0.1, 0.15) is 5.56 Å². The third kappa shape index (κ3) is 4.46. The highest BCUT2D eigenvalue weighted by atomic mass is 16.2. The Kier molecular flexibility index (Phi) is 5.16. The van der Waals surface area contributed by atoms with Crippen molar-refractivity contribution in [2.45, 2.75) is 6.92 Å². The Labute approximate surface area is 125 Å². The zero-order valence-electron chi connectivity index (χ0n) is 12.6. The Hall–Kier alpha value is -2.08. The fraction of sp³-hybridized carbons (Fsp3) is 0.467. The number of rotatable bonds is 3.